The van der Waals surface area contributed by atoms with E-state index in [9.17, 15) is 9.90 Å². The summed E-state index contributed by atoms with van der Waals surface area (Å²) in [4.78, 5) is 22.5. The molecule has 2 atom stereocenters. The minimum absolute atomic E-state index is 0.124. The average Bonchev–Trinajstić information content (AvgIpc) is 3.55. The summed E-state index contributed by atoms with van der Waals surface area (Å²) >= 11 is 0. The van der Waals surface area contributed by atoms with Gasteiger partial charge < -0.3 is 20.1 Å². The van der Waals surface area contributed by atoms with Crippen LogP contribution in [0.5, 0.6) is 0 Å². The number of nitriles is 1. The van der Waals surface area contributed by atoms with Crippen molar-refractivity contribution in [2.45, 2.75) is 45.4 Å². The van der Waals surface area contributed by atoms with Gasteiger partial charge in [-0.05, 0) is 33.3 Å². The summed E-state index contributed by atoms with van der Waals surface area (Å²) in [6.07, 6.45) is 5.92. The molecule has 5 rings (SSSR count). The van der Waals surface area contributed by atoms with E-state index in [1.165, 1.54) is 11.1 Å². The number of aliphatic hydroxyl groups is 1. The zero-order chi connectivity index (χ0) is 26.8. The maximum Gasteiger partial charge on any atom is 0.409 e. The molecule has 1 saturated heterocycles. The van der Waals surface area contributed by atoms with Crippen LogP contribution in [-0.4, -0.2) is 82.7 Å². The van der Waals surface area contributed by atoms with Crippen LogP contribution in [0.2, 0.25) is 0 Å². The summed E-state index contributed by atoms with van der Waals surface area (Å²) in [6, 6.07) is 5.49. The first-order valence-corrected chi connectivity index (χ1v) is 12.4. The number of amides is 1. The molecule has 0 aromatic carbocycles. The number of likely N-dealkylation sites (tertiary alicyclic amines) is 1. The van der Waals surface area contributed by atoms with Gasteiger partial charge in [-0.25, -0.2) is 19.4 Å². The molecular weight excluding hydrogens is 488 g/mol. The Kier molecular flexibility index (Phi) is 6.89. The van der Waals surface area contributed by atoms with Crippen LogP contribution in [0.1, 0.15) is 38.8 Å². The fourth-order valence-electron chi connectivity index (χ4n) is 4.52. The number of piperidine rings is 1. The van der Waals surface area contributed by atoms with Gasteiger partial charge in [-0.2, -0.15) is 15.0 Å². The first-order chi connectivity index (χ1) is 18.4. The van der Waals surface area contributed by atoms with Crippen molar-refractivity contribution < 1.29 is 14.6 Å². The first-order valence-electron chi connectivity index (χ1n) is 12.4. The van der Waals surface area contributed by atoms with Gasteiger partial charge in [0.1, 0.15) is 11.8 Å². The lowest BCUT2D eigenvalue weighted by Gasteiger charge is -2.34. The van der Waals surface area contributed by atoms with Gasteiger partial charge in [0.15, 0.2) is 11.5 Å². The molecule has 1 aliphatic rings. The molecule has 4 aromatic heterocycles. The van der Waals surface area contributed by atoms with Crippen molar-refractivity contribution in [3.05, 3.63) is 42.5 Å². The standard InChI is InChI=1S/C25H28N10O3/c1-4-38-25(37)33-6-5-21(22(36)14-33)34-13-20(31-32-34)18-12-27-23(8-19(18)30-15(2)3)35-24-17(11-29-35)7-16(9-26)10-28-24/h7-8,10-13,15,21-22,36H,4-6,14H2,1-3H3,(H,27,30). The molecule has 1 fully saturated rings. The van der Waals surface area contributed by atoms with E-state index in [-0.39, 0.29) is 25.2 Å². The number of ether oxygens (including phenoxy) is 1. The third-order valence-corrected chi connectivity index (χ3v) is 6.29. The number of aromatic nitrogens is 7. The Labute approximate surface area is 218 Å². The molecule has 2 unspecified atom stereocenters. The lowest BCUT2D eigenvalue weighted by Crippen LogP contribution is -2.47. The van der Waals surface area contributed by atoms with E-state index in [4.69, 9.17) is 10.00 Å². The zero-order valence-electron chi connectivity index (χ0n) is 21.3. The molecule has 4 aromatic rings. The van der Waals surface area contributed by atoms with Gasteiger partial charge in [-0.15, -0.1) is 5.10 Å². The van der Waals surface area contributed by atoms with Crippen molar-refractivity contribution >= 4 is 22.8 Å². The van der Waals surface area contributed by atoms with Crippen LogP contribution in [0.15, 0.2) is 36.9 Å². The van der Waals surface area contributed by atoms with E-state index in [0.29, 0.717) is 35.7 Å². The van der Waals surface area contributed by atoms with Gasteiger partial charge in [0.2, 0.25) is 0 Å². The van der Waals surface area contributed by atoms with Crippen molar-refractivity contribution in [2.75, 3.05) is 25.0 Å². The van der Waals surface area contributed by atoms with Gasteiger partial charge in [-0.1, -0.05) is 5.21 Å². The molecule has 5 heterocycles. The number of nitrogens with one attached hydrogen (secondary N) is 1. The Bertz CT molecular complexity index is 1500. The Morgan fingerprint density at radius 1 is 1.29 bits per heavy atom. The van der Waals surface area contributed by atoms with E-state index in [2.05, 4.69) is 36.8 Å². The van der Waals surface area contributed by atoms with Crippen LogP contribution >= 0.6 is 0 Å². The molecule has 38 heavy (non-hydrogen) atoms. The van der Waals surface area contributed by atoms with E-state index in [1.54, 1.807) is 40.9 Å². The monoisotopic (exact) mass is 516 g/mol. The van der Waals surface area contributed by atoms with Crippen molar-refractivity contribution in [3.8, 4) is 23.1 Å². The maximum absolute atomic E-state index is 12.0. The summed E-state index contributed by atoms with van der Waals surface area (Å²) in [7, 11) is 0. The molecular formula is C25H28N10O3. The number of fused-ring (bicyclic) bond motifs is 1. The Hall–Kier alpha value is -4.57. The van der Waals surface area contributed by atoms with Gasteiger partial charge in [-0.3, -0.25) is 0 Å². The number of β-amino-alcohol motifs (C(OH)–C–C–N with tert-alkyl or cyclic N) is 1. The second kappa shape index (κ2) is 10.4. The molecule has 13 nitrogen and oxygen atoms in total. The van der Waals surface area contributed by atoms with Gasteiger partial charge in [0.25, 0.3) is 0 Å². The maximum atomic E-state index is 12.0. The number of pyridine rings is 2. The number of hydrogen-bond donors (Lipinski definition) is 2. The molecule has 1 amide bonds. The summed E-state index contributed by atoms with van der Waals surface area (Å²) < 4.78 is 8.32. The van der Waals surface area contributed by atoms with Crippen LogP contribution < -0.4 is 5.32 Å². The molecule has 2 N–H and O–H groups in total. The quantitative estimate of drug-likeness (QED) is 0.390. The van der Waals surface area contributed by atoms with E-state index >= 15 is 0 Å². The topological polar surface area (TPSA) is 160 Å². The largest absolute Gasteiger partial charge is 0.450 e. The van der Waals surface area contributed by atoms with Gasteiger partial charge >= 0.3 is 6.09 Å². The highest BCUT2D eigenvalue weighted by molar-refractivity contribution is 5.79. The molecule has 196 valence electrons. The number of aliphatic hydroxyl groups excluding tert-OH is 1. The normalized spacial score (nSPS) is 17.5. The van der Waals surface area contributed by atoms with Crippen molar-refractivity contribution in [2.24, 2.45) is 0 Å². The van der Waals surface area contributed by atoms with Crippen molar-refractivity contribution in [1.82, 2.24) is 39.6 Å². The minimum atomic E-state index is -0.807. The average molecular weight is 517 g/mol. The SMILES string of the molecule is CCOC(=O)N1CCC(n2cc(-c3cnc(-n4ncc5cc(C#N)cnc54)cc3NC(C)C)nn2)C(O)C1. The van der Waals surface area contributed by atoms with Crippen LogP contribution in [0.25, 0.3) is 28.1 Å². The molecule has 0 bridgehead atoms. The van der Waals surface area contributed by atoms with Crippen molar-refractivity contribution in [3.63, 3.8) is 0 Å². The predicted octanol–water partition coefficient (Wildman–Crippen LogP) is 2.53. The Morgan fingerprint density at radius 2 is 2.13 bits per heavy atom. The van der Waals surface area contributed by atoms with Crippen molar-refractivity contribution in [1.29, 1.82) is 5.26 Å². The zero-order valence-corrected chi connectivity index (χ0v) is 21.3. The second-order valence-corrected chi connectivity index (χ2v) is 9.34. The molecule has 1 aliphatic heterocycles. The number of hydrogen-bond acceptors (Lipinski definition) is 10. The molecule has 0 saturated carbocycles. The number of carbonyl (C=O) groups is 1. The first kappa shape index (κ1) is 25.1. The highest BCUT2D eigenvalue weighted by Crippen LogP contribution is 2.31. The second-order valence-electron chi connectivity index (χ2n) is 9.34. The number of nitrogens with zero attached hydrogens (tertiary/aromatic N) is 9. The molecule has 0 aliphatic carbocycles. The molecule has 0 spiro atoms. The minimum Gasteiger partial charge on any atom is -0.450 e. The van der Waals surface area contributed by atoms with Gasteiger partial charge in [0.05, 0.1) is 43.3 Å². The van der Waals surface area contributed by atoms with Crippen LogP contribution in [-0.2, 0) is 4.74 Å². The smallest absolute Gasteiger partial charge is 0.409 e. The summed E-state index contributed by atoms with van der Waals surface area (Å²) in [5, 5.41) is 37.1. The fourth-order valence-corrected chi connectivity index (χ4v) is 4.52. The fraction of sp³-hybridized carbons (Fsp3) is 0.400. The lowest BCUT2D eigenvalue weighted by atomic mass is 10.0. The third kappa shape index (κ3) is 4.85. The molecule has 13 heteroatoms. The van der Waals surface area contributed by atoms with E-state index in [0.717, 1.165) is 16.6 Å². The lowest BCUT2D eigenvalue weighted by molar-refractivity contribution is 0.0168. The van der Waals surface area contributed by atoms with E-state index < -0.39 is 12.2 Å². The highest BCUT2D eigenvalue weighted by atomic mass is 16.6. The summed E-state index contributed by atoms with van der Waals surface area (Å²) in [5.74, 6) is 0.554. The third-order valence-electron chi connectivity index (χ3n) is 6.29. The predicted molar refractivity (Wildman–Crippen MR) is 137 cm³/mol. The number of carbonyl (C=O) groups excluding carboxylic acids is 1. The molecule has 0 radical (unpaired) electrons. The Morgan fingerprint density at radius 3 is 2.87 bits per heavy atom. The number of anilines is 1. The summed E-state index contributed by atoms with van der Waals surface area (Å²) in [5.41, 5.74) is 3.17. The number of rotatable bonds is 6. The summed E-state index contributed by atoms with van der Waals surface area (Å²) in [6.45, 7) is 6.72. The van der Waals surface area contributed by atoms with E-state index in [1.807, 2.05) is 19.9 Å². The van der Waals surface area contributed by atoms with Gasteiger partial charge in [0, 0.05) is 47.7 Å². The highest BCUT2D eigenvalue weighted by Gasteiger charge is 2.33. The van der Waals surface area contributed by atoms with Crippen LogP contribution in [0.4, 0.5) is 10.5 Å². The van der Waals surface area contributed by atoms with Crippen LogP contribution in [0.3, 0.4) is 0 Å². The Balaban J connectivity index is 1.43. The van der Waals surface area contributed by atoms with Crippen LogP contribution in [0, 0.1) is 11.3 Å².